The van der Waals surface area contributed by atoms with E-state index in [0.29, 0.717) is 10.7 Å². The Balaban J connectivity index is 2.37. The Kier molecular flexibility index (Phi) is 2.77. The van der Waals surface area contributed by atoms with Crippen molar-refractivity contribution in [3.05, 3.63) is 46.2 Å². The molecule has 14 heavy (non-hydrogen) atoms. The zero-order chi connectivity index (χ0) is 9.97. The molecule has 0 amide bonds. The van der Waals surface area contributed by atoms with E-state index < -0.39 is 0 Å². The van der Waals surface area contributed by atoms with Crippen LogP contribution in [0.1, 0.15) is 16.6 Å². The van der Waals surface area contributed by atoms with Gasteiger partial charge in [-0.1, -0.05) is 11.6 Å². The summed E-state index contributed by atoms with van der Waals surface area (Å²) >= 11 is 7.34. The molecule has 3 nitrogen and oxygen atoms in total. The van der Waals surface area contributed by atoms with Crippen molar-refractivity contribution in [2.75, 3.05) is 0 Å². The highest BCUT2D eigenvalue weighted by Crippen LogP contribution is 2.25. The Bertz CT molecular complexity index is 416. The highest BCUT2D eigenvalue weighted by molar-refractivity contribution is 7.05. The molecule has 2 heterocycles. The lowest BCUT2D eigenvalue weighted by Gasteiger charge is -2.09. The third-order valence-corrected chi connectivity index (χ3v) is 2.99. The van der Waals surface area contributed by atoms with Crippen LogP contribution in [0, 0.1) is 0 Å². The summed E-state index contributed by atoms with van der Waals surface area (Å²) in [5.41, 5.74) is 6.68. The molecule has 5 heteroatoms. The van der Waals surface area contributed by atoms with Crippen LogP contribution in [0.5, 0.6) is 0 Å². The smallest absolute Gasteiger partial charge is 0.0851 e. The average Bonchev–Trinajstić information content (AvgIpc) is 2.70. The summed E-state index contributed by atoms with van der Waals surface area (Å²) in [6, 6.07) is 5.16. The minimum atomic E-state index is -0.281. The number of halogens is 1. The second-order valence-corrected chi connectivity index (χ2v) is 4.03. The van der Waals surface area contributed by atoms with E-state index in [1.165, 1.54) is 11.5 Å². The number of rotatable bonds is 2. The minimum Gasteiger partial charge on any atom is -0.318 e. The van der Waals surface area contributed by atoms with E-state index in [2.05, 4.69) is 9.36 Å². The van der Waals surface area contributed by atoms with E-state index in [9.17, 15) is 0 Å². The Hall–Kier alpha value is -0.970. The number of nitrogens with two attached hydrogens (primary N) is 1. The van der Waals surface area contributed by atoms with Crippen molar-refractivity contribution in [2.45, 2.75) is 6.04 Å². The minimum absolute atomic E-state index is 0.281. The molecule has 2 aromatic rings. The molecule has 0 radical (unpaired) electrons. The van der Waals surface area contributed by atoms with E-state index in [-0.39, 0.29) is 6.04 Å². The molecule has 0 saturated heterocycles. The molecule has 0 aromatic carbocycles. The van der Waals surface area contributed by atoms with Gasteiger partial charge in [-0.25, -0.2) is 4.37 Å². The van der Waals surface area contributed by atoms with Crippen molar-refractivity contribution in [1.29, 1.82) is 0 Å². The fraction of sp³-hybridized carbons (Fsp3) is 0.111. The van der Waals surface area contributed by atoms with Crippen molar-refractivity contribution in [3.63, 3.8) is 0 Å². The summed E-state index contributed by atoms with van der Waals surface area (Å²) in [6.07, 6.45) is 3.40. The lowest BCUT2D eigenvalue weighted by atomic mass is 10.1. The Morgan fingerprint density at radius 1 is 1.36 bits per heavy atom. The van der Waals surface area contributed by atoms with Crippen LogP contribution in [0.25, 0.3) is 0 Å². The maximum Gasteiger partial charge on any atom is 0.0851 e. The van der Waals surface area contributed by atoms with E-state index >= 15 is 0 Å². The summed E-state index contributed by atoms with van der Waals surface area (Å²) in [6.45, 7) is 0. The van der Waals surface area contributed by atoms with Gasteiger partial charge in [0.05, 0.1) is 16.8 Å². The SMILES string of the molecule is NC(c1ccns1)c1ncccc1Cl. The van der Waals surface area contributed by atoms with Crippen LogP contribution in [0.2, 0.25) is 5.02 Å². The quantitative estimate of drug-likeness (QED) is 0.853. The van der Waals surface area contributed by atoms with Gasteiger partial charge in [-0.3, -0.25) is 4.98 Å². The number of hydrogen-bond acceptors (Lipinski definition) is 4. The maximum atomic E-state index is 5.99. The monoisotopic (exact) mass is 225 g/mol. The topological polar surface area (TPSA) is 51.8 Å². The van der Waals surface area contributed by atoms with Crippen LogP contribution in [-0.4, -0.2) is 9.36 Å². The first kappa shape index (κ1) is 9.58. The van der Waals surface area contributed by atoms with Crippen molar-refractivity contribution in [1.82, 2.24) is 9.36 Å². The number of aromatic nitrogens is 2. The standard InChI is InChI=1S/C9H8ClN3S/c10-6-2-1-4-12-9(6)8(11)7-3-5-13-14-7/h1-5,8H,11H2. The van der Waals surface area contributed by atoms with Crippen LogP contribution in [0.3, 0.4) is 0 Å². The number of nitrogens with zero attached hydrogens (tertiary/aromatic N) is 2. The lowest BCUT2D eigenvalue weighted by Crippen LogP contribution is -2.12. The highest BCUT2D eigenvalue weighted by atomic mass is 35.5. The molecule has 72 valence electrons. The summed E-state index contributed by atoms with van der Waals surface area (Å²) < 4.78 is 3.99. The second-order valence-electron chi connectivity index (χ2n) is 2.76. The van der Waals surface area contributed by atoms with Gasteiger partial charge in [-0.05, 0) is 29.7 Å². The molecule has 2 rings (SSSR count). The van der Waals surface area contributed by atoms with E-state index in [4.69, 9.17) is 17.3 Å². The number of hydrogen-bond donors (Lipinski definition) is 1. The van der Waals surface area contributed by atoms with Crippen molar-refractivity contribution >= 4 is 23.1 Å². The van der Waals surface area contributed by atoms with Gasteiger partial charge in [-0.2, -0.15) is 0 Å². The highest BCUT2D eigenvalue weighted by Gasteiger charge is 2.14. The molecule has 1 unspecified atom stereocenters. The first-order chi connectivity index (χ1) is 6.79. The lowest BCUT2D eigenvalue weighted by molar-refractivity contribution is 0.847. The fourth-order valence-electron chi connectivity index (χ4n) is 1.15. The van der Waals surface area contributed by atoms with E-state index in [1.54, 1.807) is 24.5 Å². The van der Waals surface area contributed by atoms with Crippen LogP contribution >= 0.6 is 23.1 Å². The summed E-state index contributed by atoms with van der Waals surface area (Å²) in [5, 5.41) is 0.591. The molecule has 0 bridgehead atoms. The van der Waals surface area contributed by atoms with Gasteiger partial charge in [0.25, 0.3) is 0 Å². The van der Waals surface area contributed by atoms with Crippen molar-refractivity contribution in [2.24, 2.45) is 5.73 Å². The second kappa shape index (κ2) is 4.04. The molecule has 2 aromatic heterocycles. The van der Waals surface area contributed by atoms with Crippen molar-refractivity contribution in [3.8, 4) is 0 Å². The first-order valence-electron chi connectivity index (χ1n) is 4.05. The van der Waals surface area contributed by atoms with Crippen LogP contribution in [0.4, 0.5) is 0 Å². The molecule has 0 aliphatic carbocycles. The van der Waals surface area contributed by atoms with Crippen molar-refractivity contribution < 1.29 is 0 Å². The maximum absolute atomic E-state index is 5.99. The largest absolute Gasteiger partial charge is 0.318 e. The normalized spacial score (nSPS) is 12.7. The summed E-state index contributed by atoms with van der Waals surface area (Å²) in [4.78, 5) is 5.12. The third kappa shape index (κ3) is 1.77. The molecule has 1 atom stereocenters. The van der Waals surface area contributed by atoms with E-state index in [0.717, 1.165) is 4.88 Å². The van der Waals surface area contributed by atoms with Crippen LogP contribution < -0.4 is 5.73 Å². The Morgan fingerprint density at radius 2 is 2.21 bits per heavy atom. The van der Waals surface area contributed by atoms with Gasteiger partial charge in [0.1, 0.15) is 0 Å². The molecule has 0 aliphatic heterocycles. The molecular weight excluding hydrogens is 218 g/mol. The zero-order valence-corrected chi connectivity index (χ0v) is 8.79. The summed E-state index contributed by atoms with van der Waals surface area (Å²) in [5.74, 6) is 0. The fourth-order valence-corrected chi connectivity index (χ4v) is 1.98. The molecular formula is C9H8ClN3S. The molecule has 2 N–H and O–H groups in total. The van der Waals surface area contributed by atoms with Crippen LogP contribution in [0.15, 0.2) is 30.6 Å². The van der Waals surface area contributed by atoms with Crippen LogP contribution in [-0.2, 0) is 0 Å². The zero-order valence-electron chi connectivity index (χ0n) is 7.22. The van der Waals surface area contributed by atoms with Gasteiger partial charge in [-0.15, -0.1) is 0 Å². The van der Waals surface area contributed by atoms with E-state index in [1.807, 2.05) is 6.07 Å². The molecule has 0 aliphatic rings. The van der Waals surface area contributed by atoms with Gasteiger partial charge < -0.3 is 5.73 Å². The number of pyridine rings is 1. The van der Waals surface area contributed by atoms with Gasteiger partial charge >= 0.3 is 0 Å². The Labute approximate surface area is 90.7 Å². The predicted molar refractivity (Wildman–Crippen MR) is 57.4 cm³/mol. The molecule has 0 spiro atoms. The molecule has 0 fully saturated rings. The Morgan fingerprint density at radius 3 is 2.86 bits per heavy atom. The van der Waals surface area contributed by atoms with Gasteiger partial charge in [0, 0.05) is 17.3 Å². The summed E-state index contributed by atoms with van der Waals surface area (Å²) in [7, 11) is 0. The first-order valence-corrected chi connectivity index (χ1v) is 5.21. The van der Waals surface area contributed by atoms with Gasteiger partial charge in [0.2, 0.25) is 0 Å². The third-order valence-electron chi connectivity index (χ3n) is 1.85. The molecule has 0 saturated carbocycles. The predicted octanol–water partition coefficient (Wildman–Crippen LogP) is 2.24. The average molecular weight is 226 g/mol. The van der Waals surface area contributed by atoms with Gasteiger partial charge in [0.15, 0.2) is 0 Å².